The molecule has 0 fully saturated rings. The highest BCUT2D eigenvalue weighted by Gasteiger charge is 2.32. The van der Waals surface area contributed by atoms with E-state index in [-0.39, 0.29) is 24.8 Å². The lowest BCUT2D eigenvalue weighted by Gasteiger charge is -2.23. The SMILES string of the molecule is O=C(Nc1ccccc1OC(F)(F)F)N[C@H]1COc2nc([N+](=O)[O-])cn2C1. The fourth-order valence-corrected chi connectivity index (χ4v) is 2.40. The molecule has 0 unspecified atom stereocenters. The van der Waals surface area contributed by atoms with E-state index in [1.54, 1.807) is 0 Å². The van der Waals surface area contributed by atoms with E-state index in [0.717, 1.165) is 12.3 Å². The predicted octanol–water partition coefficient (Wildman–Crippen LogP) is 2.27. The summed E-state index contributed by atoms with van der Waals surface area (Å²) in [6.07, 6.45) is -3.74. The number of nitro groups is 1. The third-order valence-electron chi connectivity index (χ3n) is 3.44. The Bertz CT molecular complexity index is 869. The van der Waals surface area contributed by atoms with Crippen molar-refractivity contribution in [3.8, 4) is 11.8 Å². The summed E-state index contributed by atoms with van der Waals surface area (Å²) in [5.41, 5.74) is -0.178. The highest BCUT2D eigenvalue weighted by molar-refractivity contribution is 5.91. The second-order valence-corrected chi connectivity index (χ2v) is 5.44. The third kappa shape index (κ3) is 4.56. The Morgan fingerprint density at radius 1 is 1.41 bits per heavy atom. The number of fused-ring (bicyclic) bond motifs is 1. The number of alkyl halides is 3. The van der Waals surface area contributed by atoms with E-state index in [1.807, 2.05) is 0 Å². The van der Waals surface area contributed by atoms with Crippen LogP contribution in [0, 0.1) is 10.1 Å². The van der Waals surface area contributed by atoms with Crippen molar-refractivity contribution >= 4 is 17.5 Å². The second-order valence-electron chi connectivity index (χ2n) is 5.44. The first kappa shape index (κ1) is 18.3. The maximum atomic E-state index is 12.4. The van der Waals surface area contributed by atoms with E-state index in [9.17, 15) is 28.1 Å². The van der Waals surface area contributed by atoms with E-state index in [2.05, 4.69) is 20.4 Å². The number of nitrogens with one attached hydrogen (secondary N) is 2. The minimum absolute atomic E-state index is 0.0116. The second kappa shape index (κ2) is 7.01. The summed E-state index contributed by atoms with van der Waals surface area (Å²) < 4.78 is 47.7. The van der Waals surface area contributed by atoms with Crippen molar-refractivity contribution in [2.45, 2.75) is 18.9 Å². The van der Waals surface area contributed by atoms with Gasteiger partial charge < -0.3 is 30.2 Å². The van der Waals surface area contributed by atoms with Crippen molar-refractivity contribution in [1.29, 1.82) is 0 Å². The number of benzene rings is 1. The number of carbonyl (C=O) groups excluding carboxylic acids is 1. The molecule has 2 heterocycles. The molecule has 1 atom stereocenters. The summed E-state index contributed by atoms with van der Waals surface area (Å²) in [5, 5.41) is 15.5. The van der Waals surface area contributed by atoms with Gasteiger partial charge >= 0.3 is 24.2 Å². The van der Waals surface area contributed by atoms with Gasteiger partial charge in [0, 0.05) is 4.98 Å². The summed E-state index contributed by atoms with van der Waals surface area (Å²) in [7, 11) is 0. The zero-order chi connectivity index (χ0) is 19.6. The number of nitrogens with zero attached hydrogens (tertiary/aromatic N) is 3. The Kier molecular flexibility index (Phi) is 4.75. The molecule has 2 amide bonds. The van der Waals surface area contributed by atoms with Crippen LogP contribution in [0.4, 0.5) is 29.5 Å². The standard InChI is InChI=1S/C14H12F3N5O5/c15-14(16,17)27-10-4-2-1-3-9(10)19-12(23)18-8-5-21-6-11(22(24)25)20-13(21)26-7-8/h1-4,6,8H,5,7H2,(H2,18,19,23)/t8-/m1/s1. The summed E-state index contributed by atoms with van der Waals surface area (Å²) in [6, 6.07) is 3.73. The molecule has 27 heavy (non-hydrogen) atoms. The monoisotopic (exact) mass is 387 g/mol. The molecule has 144 valence electrons. The van der Waals surface area contributed by atoms with Crippen molar-refractivity contribution in [2.24, 2.45) is 0 Å². The number of para-hydroxylation sites is 2. The number of amides is 2. The number of aromatic nitrogens is 2. The van der Waals surface area contributed by atoms with Gasteiger partial charge in [-0.05, 0) is 17.1 Å². The van der Waals surface area contributed by atoms with E-state index in [1.165, 1.54) is 22.8 Å². The van der Waals surface area contributed by atoms with Gasteiger partial charge in [-0.3, -0.25) is 4.57 Å². The molecule has 3 rings (SSSR count). The average molecular weight is 387 g/mol. The molecule has 1 aliphatic heterocycles. The molecule has 1 aliphatic rings. The number of hydrogen-bond acceptors (Lipinski definition) is 6. The highest BCUT2D eigenvalue weighted by atomic mass is 19.4. The molecule has 0 bridgehead atoms. The Morgan fingerprint density at radius 2 is 2.15 bits per heavy atom. The van der Waals surface area contributed by atoms with Crippen LogP contribution >= 0.6 is 0 Å². The Hall–Kier alpha value is -3.51. The fraction of sp³-hybridized carbons (Fsp3) is 0.286. The number of imidazole rings is 1. The normalized spacial score (nSPS) is 16.0. The van der Waals surface area contributed by atoms with Crippen LogP contribution in [0.5, 0.6) is 11.8 Å². The van der Waals surface area contributed by atoms with Gasteiger partial charge in [-0.25, -0.2) is 4.79 Å². The molecule has 0 aliphatic carbocycles. The fourth-order valence-electron chi connectivity index (χ4n) is 2.40. The van der Waals surface area contributed by atoms with Gasteiger partial charge in [-0.2, -0.15) is 0 Å². The summed E-state index contributed by atoms with van der Waals surface area (Å²) in [6.45, 7) is 0.132. The van der Waals surface area contributed by atoms with E-state index < -0.39 is 34.9 Å². The first-order chi connectivity index (χ1) is 12.7. The number of ether oxygens (including phenoxy) is 2. The van der Waals surface area contributed by atoms with Crippen molar-refractivity contribution in [3.05, 3.63) is 40.6 Å². The van der Waals surface area contributed by atoms with Crippen molar-refractivity contribution < 1.29 is 32.4 Å². The Labute approximate surface area is 149 Å². The van der Waals surface area contributed by atoms with Crippen LogP contribution in [0.25, 0.3) is 0 Å². The number of rotatable bonds is 4. The van der Waals surface area contributed by atoms with Gasteiger partial charge in [0.05, 0.1) is 18.3 Å². The number of anilines is 1. The molecule has 0 spiro atoms. The first-order valence-corrected chi connectivity index (χ1v) is 7.48. The lowest BCUT2D eigenvalue weighted by atomic mass is 10.3. The Balaban J connectivity index is 1.63. The summed E-state index contributed by atoms with van der Waals surface area (Å²) >= 11 is 0. The van der Waals surface area contributed by atoms with Crippen LogP contribution in [0.1, 0.15) is 0 Å². The summed E-state index contributed by atoms with van der Waals surface area (Å²) in [4.78, 5) is 25.8. The lowest BCUT2D eigenvalue weighted by molar-refractivity contribution is -0.389. The molecule has 0 saturated heterocycles. The number of carbonyl (C=O) groups is 1. The van der Waals surface area contributed by atoms with Gasteiger partial charge in [0.15, 0.2) is 5.75 Å². The molecule has 2 N–H and O–H groups in total. The highest BCUT2D eigenvalue weighted by Crippen LogP contribution is 2.30. The minimum atomic E-state index is -4.90. The molecule has 10 nitrogen and oxygen atoms in total. The predicted molar refractivity (Wildman–Crippen MR) is 83.4 cm³/mol. The molecule has 1 aromatic heterocycles. The number of hydrogen-bond donors (Lipinski definition) is 2. The van der Waals surface area contributed by atoms with Crippen LogP contribution in [0.2, 0.25) is 0 Å². The van der Waals surface area contributed by atoms with E-state index in [4.69, 9.17) is 4.74 Å². The Morgan fingerprint density at radius 3 is 2.85 bits per heavy atom. The average Bonchev–Trinajstić information content (AvgIpc) is 2.99. The van der Waals surface area contributed by atoms with Crippen LogP contribution < -0.4 is 20.1 Å². The quantitative estimate of drug-likeness (QED) is 0.613. The van der Waals surface area contributed by atoms with Crippen LogP contribution in [-0.2, 0) is 6.54 Å². The smallest absolute Gasteiger partial charge is 0.444 e. The van der Waals surface area contributed by atoms with Gasteiger partial charge in [-0.1, -0.05) is 12.1 Å². The molecular formula is C14H12F3N5O5. The lowest BCUT2D eigenvalue weighted by Crippen LogP contribution is -2.46. The zero-order valence-electron chi connectivity index (χ0n) is 13.4. The topological polar surface area (TPSA) is 121 Å². The molecule has 0 radical (unpaired) electrons. The molecule has 0 saturated carbocycles. The van der Waals surface area contributed by atoms with Crippen LogP contribution in [0.3, 0.4) is 0 Å². The molecule has 2 aromatic rings. The molecule has 1 aromatic carbocycles. The van der Waals surface area contributed by atoms with Gasteiger partial charge in [-0.15, -0.1) is 13.2 Å². The molecule has 13 heteroatoms. The largest absolute Gasteiger partial charge is 0.573 e. The molecular weight excluding hydrogens is 375 g/mol. The van der Waals surface area contributed by atoms with Gasteiger partial charge in [0.1, 0.15) is 12.8 Å². The van der Waals surface area contributed by atoms with E-state index in [0.29, 0.717) is 0 Å². The van der Waals surface area contributed by atoms with Gasteiger partial charge in [0.25, 0.3) is 0 Å². The van der Waals surface area contributed by atoms with Crippen LogP contribution in [-0.4, -0.2) is 39.5 Å². The maximum Gasteiger partial charge on any atom is 0.573 e. The number of halogens is 3. The first-order valence-electron chi connectivity index (χ1n) is 7.48. The van der Waals surface area contributed by atoms with Crippen LogP contribution in [0.15, 0.2) is 30.5 Å². The van der Waals surface area contributed by atoms with Crippen molar-refractivity contribution in [1.82, 2.24) is 14.9 Å². The van der Waals surface area contributed by atoms with Gasteiger partial charge in [0.2, 0.25) is 0 Å². The zero-order valence-corrected chi connectivity index (χ0v) is 13.4. The van der Waals surface area contributed by atoms with E-state index >= 15 is 0 Å². The third-order valence-corrected chi connectivity index (χ3v) is 3.44. The minimum Gasteiger partial charge on any atom is -0.444 e. The maximum absolute atomic E-state index is 12.4. The summed E-state index contributed by atoms with van der Waals surface area (Å²) in [5.74, 6) is -0.958. The number of urea groups is 1. The van der Waals surface area contributed by atoms with Crippen molar-refractivity contribution in [3.63, 3.8) is 0 Å². The van der Waals surface area contributed by atoms with Crippen molar-refractivity contribution in [2.75, 3.05) is 11.9 Å².